The second-order valence-corrected chi connectivity index (χ2v) is 6.04. The molecule has 0 saturated heterocycles. The van der Waals surface area contributed by atoms with Crippen molar-refractivity contribution in [2.75, 3.05) is 13.2 Å². The van der Waals surface area contributed by atoms with E-state index in [1.807, 2.05) is 11.3 Å². The Bertz CT molecular complexity index is 336. The number of hydrogen-bond acceptors (Lipinski definition) is 3. The third-order valence-electron chi connectivity index (χ3n) is 2.59. The quantitative estimate of drug-likeness (QED) is 0.622. The maximum Gasteiger partial charge on any atom is 0.106 e. The molecule has 6 heteroatoms. The zero-order valence-electron chi connectivity index (χ0n) is 9.67. The summed E-state index contributed by atoms with van der Waals surface area (Å²) in [6.45, 7) is 1.78. The van der Waals surface area contributed by atoms with Crippen LogP contribution in [0.3, 0.4) is 0 Å². The van der Waals surface area contributed by atoms with Crippen molar-refractivity contribution < 1.29 is 4.74 Å². The molecule has 2 heterocycles. The molecule has 0 fully saturated rings. The lowest BCUT2D eigenvalue weighted by Gasteiger charge is -2.28. The molecule has 0 radical (unpaired) electrons. The Morgan fingerprint density at radius 2 is 2.33 bits per heavy atom. The van der Waals surface area contributed by atoms with Crippen molar-refractivity contribution in [1.82, 2.24) is 5.32 Å². The SMILES string of the molecule is BC(B)(B)NC[C@H]1OCCc2sccc21. The number of ether oxygens (including phenoxy) is 1. The highest BCUT2D eigenvalue weighted by molar-refractivity contribution is 7.10. The standard InChI is InChI=1S/C9H16B3NOS/c10-9(11,12)13-5-7-6-2-4-15-8(6)1-3-14-7/h2,4,7,13H,1,3,5,10-12H2/t7-/m1/s1. The van der Waals surface area contributed by atoms with E-state index in [-0.39, 0.29) is 11.3 Å². The molecule has 1 atom stereocenters. The van der Waals surface area contributed by atoms with Crippen LogP contribution in [0.4, 0.5) is 0 Å². The van der Waals surface area contributed by atoms with Gasteiger partial charge < -0.3 is 10.1 Å². The van der Waals surface area contributed by atoms with Crippen molar-refractivity contribution in [2.24, 2.45) is 0 Å². The van der Waals surface area contributed by atoms with Crippen molar-refractivity contribution in [3.63, 3.8) is 0 Å². The van der Waals surface area contributed by atoms with Gasteiger partial charge in [-0.2, -0.15) is 0 Å². The summed E-state index contributed by atoms with van der Waals surface area (Å²) >= 11 is 1.85. The number of nitrogens with one attached hydrogen (secondary N) is 1. The van der Waals surface area contributed by atoms with Gasteiger partial charge in [0.1, 0.15) is 23.5 Å². The van der Waals surface area contributed by atoms with Crippen LogP contribution in [0.15, 0.2) is 11.4 Å². The van der Waals surface area contributed by atoms with Gasteiger partial charge in [0.2, 0.25) is 0 Å². The molecule has 0 saturated carbocycles. The highest BCUT2D eigenvalue weighted by atomic mass is 32.1. The maximum absolute atomic E-state index is 5.80. The molecule has 1 aromatic heterocycles. The van der Waals surface area contributed by atoms with Crippen LogP contribution in [0.5, 0.6) is 0 Å². The molecule has 0 unspecified atom stereocenters. The van der Waals surface area contributed by atoms with E-state index in [1.54, 1.807) is 0 Å². The Kier molecular flexibility index (Phi) is 3.28. The minimum absolute atomic E-state index is 0.164. The summed E-state index contributed by atoms with van der Waals surface area (Å²) in [4.78, 5) is 1.50. The first kappa shape index (κ1) is 11.3. The number of thiophene rings is 1. The predicted octanol–water partition coefficient (Wildman–Crippen LogP) is -1.54. The summed E-state index contributed by atoms with van der Waals surface area (Å²) in [5.41, 5.74) is 1.39. The smallest absolute Gasteiger partial charge is 0.106 e. The number of fused-ring (bicyclic) bond motifs is 1. The zero-order valence-corrected chi connectivity index (χ0v) is 10.5. The monoisotopic (exact) mass is 219 g/mol. The molecular formula is C9H16B3NOS. The van der Waals surface area contributed by atoms with Crippen LogP contribution in [0.25, 0.3) is 0 Å². The van der Waals surface area contributed by atoms with Crippen molar-refractivity contribution in [1.29, 1.82) is 0 Å². The van der Waals surface area contributed by atoms with E-state index in [0.717, 1.165) is 19.6 Å². The normalized spacial score (nSPS) is 21.2. The Morgan fingerprint density at radius 1 is 1.53 bits per heavy atom. The summed E-state index contributed by atoms with van der Waals surface area (Å²) < 4.78 is 5.80. The van der Waals surface area contributed by atoms with Gasteiger partial charge in [-0.15, -0.1) is 11.3 Å². The van der Waals surface area contributed by atoms with E-state index in [0.29, 0.717) is 0 Å². The summed E-state index contributed by atoms with van der Waals surface area (Å²) in [5, 5.41) is 5.84. The van der Waals surface area contributed by atoms with Gasteiger partial charge in [-0.25, -0.2) is 0 Å². The van der Waals surface area contributed by atoms with Gasteiger partial charge in [0.05, 0.1) is 12.7 Å². The fraction of sp³-hybridized carbons (Fsp3) is 0.556. The first-order valence-electron chi connectivity index (χ1n) is 5.49. The molecule has 78 valence electrons. The van der Waals surface area contributed by atoms with Crippen LogP contribution >= 0.6 is 11.3 Å². The molecule has 0 bridgehead atoms. The summed E-state index contributed by atoms with van der Waals surface area (Å²) in [7, 11) is 6.55. The fourth-order valence-electron chi connectivity index (χ4n) is 1.79. The first-order chi connectivity index (χ1) is 7.06. The molecule has 0 amide bonds. The molecule has 1 aliphatic heterocycles. The van der Waals surface area contributed by atoms with Gasteiger partial charge in [-0.05, 0) is 17.0 Å². The van der Waals surface area contributed by atoms with Crippen LogP contribution in [-0.2, 0) is 11.2 Å². The average Bonchev–Trinajstić information content (AvgIpc) is 2.61. The van der Waals surface area contributed by atoms with E-state index in [2.05, 4.69) is 40.3 Å². The van der Waals surface area contributed by atoms with Crippen LogP contribution in [0, 0.1) is 0 Å². The van der Waals surface area contributed by atoms with E-state index in [1.165, 1.54) is 10.4 Å². The lowest BCUT2D eigenvalue weighted by Crippen LogP contribution is -2.49. The van der Waals surface area contributed by atoms with Gasteiger partial charge in [0.15, 0.2) is 0 Å². The van der Waals surface area contributed by atoms with Crippen molar-refractivity contribution in [3.8, 4) is 0 Å². The van der Waals surface area contributed by atoms with E-state index < -0.39 is 0 Å². The third kappa shape index (κ3) is 2.89. The Labute approximate surface area is 98.0 Å². The van der Waals surface area contributed by atoms with Crippen LogP contribution in [0.2, 0.25) is 0 Å². The lowest BCUT2D eigenvalue weighted by atomic mass is 9.49. The van der Waals surface area contributed by atoms with Crippen LogP contribution in [-0.4, -0.2) is 41.9 Å². The van der Waals surface area contributed by atoms with Gasteiger partial charge in [0.25, 0.3) is 0 Å². The Morgan fingerprint density at radius 3 is 3.07 bits per heavy atom. The minimum Gasteiger partial charge on any atom is -0.372 e. The molecule has 1 aliphatic rings. The van der Waals surface area contributed by atoms with Crippen LogP contribution < -0.4 is 5.32 Å². The molecule has 1 N–H and O–H groups in total. The predicted molar refractivity (Wildman–Crippen MR) is 73.1 cm³/mol. The second-order valence-electron chi connectivity index (χ2n) is 5.04. The highest BCUT2D eigenvalue weighted by Gasteiger charge is 2.23. The van der Waals surface area contributed by atoms with Gasteiger partial charge in [0, 0.05) is 17.8 Å². The lowest BCUT2D eigenvalue weighted by molar-refractivity contribution is 0.0437. The molecule has 2 nitrogen and oxygen atoms in total. The first-order valence-corrected chi connectivity index (χ1v) is 6.37. The molecule has 1 aromatic rings. The minimum atomic E-state index is 0.164. The van der Waals surface area contributed by atoms with Crippen molar-refractivity contribution in [3.05, 3.63) is 21.9 Å². The Balaban J connectivity index is 2.01. The molecule has 2 rings (SSSR count). The molecule has 0 spiro atoms. The van der Waals surface area contributed by atoms with Gasteiger partial charge in [-0.1, -0.05) is 5.24 Å². The molecule has 15 heavy (non-hydrogen) atoms. The maximum atomic E-state index is 5.80. The molecular weight excluding hydrogens is 203 g/mol. The molecule has 0 aliphatic carbocycles. The topological polar surface area (TPSA) is 21.3 Å². The number of rotatable bonds is 3. The summed E-state index contributed by atoms with van der Waals surface area (Å²) in [5.74, 6) is 0. The summed E-state index contributed by atoms with van der Waals surface area (Å²) in [6.07, 6.45) is 1.33. The van der Waals surface area contributed by atoms with E-state index >= 15 is 0 Å². The van der Waals surface area contributed by atoms with E-state index in [9.17, 15) is 0 Å². The van der Waals surface area contributed by atoms with E-state index in [4.69, 9.17) is 4.74 Å². The van der Waals surface area contributed by atoms with Gasteiger partial charge in [-0.3, -0.25) is 0 Å². The fourth-order valence-corrected chi connectivity index (χ4v) is 2.71. The summed E-state index contributed by atoms with van der Waals surface area (Å²) in [6, 6.07) is 2.20. The zero-order chi connectivity index (χ0) is 10.9. The average molecular weight is 219 g/mol. The largest absolute Gasteiger partial charge is 0.372 e. The third-order valence-corrected chi connectivity index (χ3v) is 3.59. The van der Waals surface area contributed by atoms with Crippen molar-refractivity contribution >= 4 is 34.9 Å². The number of hydrogen-bond donors (Lipinski definition) is 1. The van der Waals surface area contributed by atoms with Crippen molar-refractivity contribution in [2.45, 2.75) is 17.8 Å². The second kappa shape index (κ2) is 4.36. The Hall–Kier alpha value is -0.185. The van der Waals surface area contributed by atoms with Crippen LogP contribution in [0.1, 0.15) is 16.5 Å². The highest BCUT2D eigenvalue weighted by Crippen LogP contribution is 2.30. The van der Waals surface area contributed by atoms with Gasteiger partial charge >= 0.3 is 0 Å². The molecule has 0 aromatic carbocycles.